The molecule has 84 valence electrons. The topological polar surface area (TPSA) is 51.0 Å². The average molecular weight is 209 g/mol. The first-order chi connectivity index (χ1) is 7.38. The van der Waals surface area contributed by atoms with Crippen molar-refractivity contribution in [1.29, 1.82) is 0 Å². The van der Waals surface area contributed by atoms with E-state index in [1.807, 2.05) is 0 Å². The van der Waals surface area contributed by atoms with Crippen molar-refractivity contribution in [2.75, 3.05) is 6.54 Å². The first kappa shape index (κ1) is 10.6. The highest BCUT2D eigenvalue weighted by atomic mass is 16.4. The van der Waals surface area contributed by atoms with Gasteiger partial charge in [0.25, 0.3) is 0 Å². The van der Waals surface area contributed by atoms with Crippen LogP contribution in [0.5, 0.6) is 0 Å². The van der Waals surface area contributed by atoms with E-state index in [0.717, 1.165) is 43.6 Å². The molecule has 0 saturated heterocycles. The van der Waals surface area contributed by atoms with Crippen LogP contribution in [0.4, 0.5) is 0 Å². The van der Waals surface area contributed by atoms with Crippen LogP contribution >= 0.6 is 0 Å². The summed E-state index contributed by atoms with van der Waals surface area (Å²) in [6.45, 7) is 3.12. The fourth-order valence-corrected chi connectivity index (χ4v) is 1.49. The fourth-order valence-electron chi connectivity index (χ4n) is 1.49. The Kier molecular flexibility index (Phi) is 3.72. The number of nitrogens with zero attached hydrogens (tertiary/aromatic N) is 2. The van der Waals surface area contributed by atoms with Crippen LogP contribution in [0.25, 0.3) is 0 Å². The molecule has 2 rings (SSSR count). The predicted molar refractivity (Wildman–Crippen MR) is 57.6 cm³/mol. The van der Waals surface area contributed by atoms with Gasteiger partial charge in [0.15, 0.2) is 0 Å². The smallest absolute Gasteiger partial charge is 0.217 e. The average Bonchev–Trinajstić information content (AvgIpc) is 2.95. The van der Waals surface area contributed by atoms with Gasteiger partial charge in [0.2, 0.25) is 11.8 Å². The molecule has 1 aliphatic carbocycles. The van der Waals surface area contributed by atoms with Gasteiger partial charge in [-0.1, -0.05) is 13.3 Å². The molecule has 1 N–H and O–H groups in total. The molecule has 4 heteroatoms. The molecule has 1 heterocycles. The second-order valence-electron chi connectivity index (χ2n) is 4.17. The van der Waals surface area contributed by atoms with Crippen LogP contribution in [0.3, 0.4) is 0 Å². The number of aryl methyl sites for hydroxylation is 1. The van der Waals surface area contributed by atoms with Crippen molar-refractivity contribution < 1.29 is 4.42 Å². The molecule has 0 radical (unpaired) electrons. The first-order valence-electron chi connectivity index (χ1n) is 5.93. The Morgan fingerprint density at radius 1 is 1.27 bits per heavy atom. The van der Waals surface area contributed by atoms with Gasteiger partial charge in [0, 0.05) is 25.4 Å². The van der Waals surface area contributed by atoms with Gasteiger partial charge in [0.05, 0.1) is 0 Å². The highest BCUT2D eigenvalue weighted by Crippen LogP contribution is 2.18. The zero-order valence-corrected chi connectivity index (χ0v) is 9.33. The van der Waals surface area contributed by atoms with E-state index in [1.165, 1.54) is 19.3 Å². The molecule has 1 saturated carbocycles. The number of aromatic nitrogens is 2. The monoisotopic (exact) mass is 209 g/mol. The van der Waals surface area contributed by atoms with E-state index in [9.17, 15) is 0 Å². The minimum absolute atomic E-state index is 0.757. The maximum absolute atomic E-state index is 5.53. The third-order valence-electron chi connectivity index (χ3n) is 2.60. The number of unbranched alkanes of at least 4 members (excludes halogenated alkanes) is 1. The zero-order chi connectivity index (χ0) is 10.5. The van der Waals surface area contributed by atoms with Gasteiger partial charge in [-0.2, -0.15) is 0 Å². The molecule has 4 nitrogen and oxygen atoms in total. The van der Waals surface area contributed by atoms with Crippen molar-refractivity contribution in [2.24, 2.45) is 0 Å². The number of nitrogens with one attached hydrogen (secondary N) is 1. The summed E-state index contributed by atoms with van der Waals surface area (Å²) in [6, 6.07) is 0.757. The fraction of sp³-hybridized carbons (Fsp3) is 0.818. The molecule has 1 aromatic heterocycles. The molecule has 0 aliphatic heterocycles. The summed E-state index contributed by atoms with van der Waals surface area (Å²) in [5.41, 5.74) is 0. The third kappa shape index (κ3) is 3.63. The van der Waals surface area contributed by atoms with Crippen LogP contribution in [-0.4, -0.2) is 22.8 Å². The molecule has 0 amide bonds. The minimum atomic E-state index is 0.757. The highest BCUT2D eigenvalue weighted by molar-refractivity contribution is 4.85. The molecule has 1 aliphatic rings. The maximum atomic E-state index is 5.53. The van der Waals surface area contributed by atoms with Crippen LogP contribution in [0, 0.1) is 0 Å². The second kappa shape index (κ2) is 5.26. The molecule has 1 aromatic rings. The molecule has 15 heavy (non-hydrogen) atoms. The van der Waals surface area contributed by atoms with Crippen molar-refractivity contribution in [2.45, 2.75) is 51.5 Å². The lowest BCUT2D eigenvalue weighted by Gasteiger charge is -1.97. The van der Waals surface area contributed by atoms with Crippen LogP contribution in [-0.2, 0) is 12.8 Å². The lowest BCUT2D eigenvalue weighted by Crippen LogP contribution is -2.19. The van der Waals surface area contributed by atoms with Crippen molar-refractivity contribution in [3.63, 3.8) is 0 Å². The van der Waals surface area contributed by atoms with E-state index in [1.54, 1.807) is 0 Å². The predicted octanol–water partition coefficient (Wildman–Crippen LogP) is 1.71. The summed E-state index contributed by atoms with van der Waals surface area (Å²) in [5.74, 6) is 1.56. The van der Waals surface area contributed by atoms with Gasteiger partial charge in [-0.25, -0.2) is 0 Å². The van der Waals surface area contributed by atoms with Crippen molar-refractivity contribution >= 4 is 0 Å². The molecule has 0 bridgehead atoms. The Labute approximate surface area is 90.5 Å². The van der Waals surface area contributed by atoms with Gasteiger partial charge in [-0.05, 0) is 19.3 Å². The van der Waals surface area contributed by atoms with Gasteiger partial charge in [0.1, 0.15) is 0 Å². The van der Waals surface area contributed by atoms with Crippen LogP contribution in [0.1, 0.15) is 44.4 Å². The molecule has 1 fully saturated rings. The summed E-state index contributed by atoms with van der Waals surface area (Å²) in [5, 5.41) is 11.5. The van der Waals surface area contributed by atoms with E-state index in [-0.39, 0.29) is 0 Å². The summed E-state index contributed by atoms with van der Waals surface area (Å²) in [4.78, 5) is 0. The molecule has 0 aromatic carbocycles. The van der Waals surface area contributed by atoms with Crippen LogP contribution in [0.15, 0.2) is 4.42 Å². The van der Waals surface area contributed by atoms with Gasteiger partial charge >= 0.3 is 0 Å². The van der Waals surface area contributed by atoms with Gasteiger partial charge in [-0.15, -0.1) is 10.2 Å². The SMILES string of the molecule is CCCCc1nnc(CCNC2CC2)o1. The molecule has 0 unspecified atom stereocenters. The Morgan fingerprint density at radius 2 is 2.00 bits per heavy atom. The quantitative estimate of drug-likeness (QED) is 0.742. The largest absolute Gasteiger partial charge is 0.425 e. The number of hydrogen-bond acceptors (Lipinski definition) is 4. The summed E-state index contributed by atoms with van der Waals surface area (Å²) in [7, 11) is 0. The second-order valence-corrected chi connectivity index (χ2v) is 4.17. The maximum Gasteiger partial charge on any atom is 0.217 e. The minimum Gasteiger partial charge on any atom is -0.425 e. The van der Waals surface area contributed by atoms with Crippen molar-refractivity contribution in [1.82, 2.24) is 15.5 Å². The zero-order valence-electron chi connectivity index (χ0n) is 9.33. The standard InChI is InChI=1S/C11H19N3O/c1-2-3-4-10-13-14-11(15-10)7-8-12-9-5-6-9/h9,12H,2-8H2,1H3. The summed E-state index contributed by atoms with van der Waals surface area (Å²) in [6.07, 6.45) is 6.72. The summed E-state index contributed by atoms with van der Waals surface area (Å²) >= 11 is 0. The van der Waals surface area contributed by atoms with Gasteiger partial charge in [-0.3, -0.25) is 0 Å². The summed E-state index contributed by atoms with van der Waals surface area (Å²) < 4.78 is 5.53. The lowest BCUT2D eigenvalue weighted by molar-refractivity contribution is 0.438. The normalized spacial score (nSPS) is 15.8. The molecule has 0 atom stereocenters. The van der Waals surface area contributed by atoms with Crippen LogP contribution in [0.2, 0.25) is 0 Å². The van der Waals surface area contributed by atoms with E-state index in [2.05, 4.69) is 22.4 Å². The van der Waals surface area contributed by atoms with E-state index >= 15 is 0 Å². The number of rotatable bonds is 7. The van der Waals surface area contributed by atoms with Crippen LogP contribution < -0.4 is 5.32 Å². The lowest BCUT2D eigenvalue weighted by atomic mass is 10.2. The Balaban J connectivity index is 1.68. The highest BCUT2D eigenvalue weighted by Gasteiger charge is 2.20. The Morgan fingerprint density at radius 3 is 2.67 bits per heavy atom. The Hall–Kier alpha value is -0.900. The van der Waals surface area contributed by atoms with Gasteiger partial charge < -0.3 is 9.73 Å². The number of hydrogen-bond donors (Lipinski definition) is 1. The van der Waals surface area contributed by atoms with E-state index in [0.29, 0.717) is 0 Å². The van der Waals surface area contributed by atoms with Crippen molar-refractivity contribution in [3.8, 4) is 0 Å². The van der Waals surface area contributed by atoms with E-state index in [4.69, 9.17) is 4.42 Å². The molecular weight excluding hydrogens is 190 g/mol. The first-order valence-corrected chi connectivity index (χ1v) is 5.93. The Bertz CT molecular complexity index is 294. The third-order valence-corrected chi connectivity index (χ3v) is 2.60. The van der Waals surface area contributed by atoms with E-state index < -0.39 is 0 Å². The molecular formula is C11H19N3O. The van der Waals surface area contributed by atoms with Crippen molar-refractivity contribution in [3.05, 3.63) is 11.8 Å². The molecule has 0 spiro atoms.